The molecule has 1 fully saturated rings. The van der Waals surface area contributed by atoms with Crippen LogP contribution in [0.4, 0.5) is 10.1 Å². The van der Waals surface area contributed by atoms with Crippen LogP contribution in [0.1, 0.15) is 19.3 Å². The first-order valence-electron chi connectivity index (χ1n) is 5.37. The van der Waals surface area contributed by atoms with Crippen LogP contribution >= 0.6 is 0 Å². The van der Waals surface area contributed by atoms with Crippen LogP contribution in [-0.4, -0.2) is 9.96 Å². The summed E-state index contributed by atoms with van der Waals surface area (Å²) in [6.45, 7) is 0. The minimum absolute atomic E-state index is 0.145. The first kappa shape index (κ1) is 12.1. The van der Waals surface area contributed by atoms with Gasteiger partial charge < -0.3 is 5.73 Å². The van der Waals surface area contributed by atoms with E-state index >= 15 is 0 Å². The van der Waals surface area contributed by atoms with E-state index in [0.717, 1.165) is 12.8 Å². The maximum Gasteiger partial charge on any atom is 0.141 e. The maximum absolute atomic E-state index is 13.5. The first-order chi connectivity index (χ1) is 8.06. The second-order valence-corrected chi connectivity index (χ2v) is 5.93. The Balaban J connectivity index is 2.13. The highest BCUT2D eigenvalue weighted by Crippen LogP contribution is 2.49. The second-order valence-electron chi connectivity index (χ2n) is 4.51. The van der Waals surface area contributed by atoms with Gasteiger partial charge in [0.25, 0.3) is 0 Å². The Morgan fingerprint density at radius 1 is 1.53 bits per heavy atom. The van der Waals surface area contributed by atoms with Crippen LogP contribution < -0.4 is 5.73 Å². The van der Waals surface area contributed by atoms with Crippen molar-refractivity contribution >= 4 is 16.5 Å². The van der Waals surface area contributed by atoms with E-state index in [1.807, 2.05) is 0 Å². The largest absolute Gasteiger partial charge is 0.399 e. The molecule has 0 aromatic heterocycles. The molecule has 1 saturated carbocycles. The summed E-state index contributed by atoms with van der Waals surface area (Å²) in [5, 5.41) is 8.68. The Morgan fingerprint density at radius 3 is 2.76 bits per heavy atom. The molecular weight excluding hydrogens is 239 g/mol. The Bertz CT molecular complexity index is 506. The van der Waals surface area contributed by atoms with Crippen LogP contribution in [0, 0.1) is 22.6 Å². The fourth-order valence-corrected chi connectivity index (χ4v) is 3.37. The van der Waals surface area contributed by atoms with Gasteiger partial charge in [0.15, 0.2) is 0 Å². The molecular formula is C12H13FN2OS. The predicted octanol–water partition coefficient (Wildman–Crippen LogP) is 2.21. The number of nitriles is 1. The lowest BCUT2D eigenvalue weighted by Gasteiger charge is -2.11. The maximum atomic E-state index is 13.5. The first-order valence-corrected chi connectivity index (χ1v) is 6.69. The van der Waals surface area contributed by atoms with Crippen molar-refractivity contribution < 1.29 is 8.60 Å². The molecule has 5 heteroatoms. The zero-order valence-electron chi connectivity index (χ0n) is 9.28. The number of benzene rings is 1. The number of hydrogen-bond donors (Lipinski definition) is 1. The third-order valence-electron chi connectivity index (χ3n) is 3.05. The minimum Gasteiger partial charge on any atom is -0.399 e. The average molecular weight is 252 g/mol. The molecule has 0 aliphatic heterocycles. The minimum atomic E-state index is -1.39. The van der Waals surface area contributed by atoms with Gasteiger partial charge in [-0.15, -0.1) is 0 Å². The molecule has 0 spiro atoms. The zero-order chi connectivity index (χ0) is 12.5. The van der Waals surface area contributed by atoms with Crippen molar-refractivity contribution in [3.05, 3.63) is 24.0 Å². The number of anilines is 1. The molecule has 0 amide bonds. The molecule has 1 unspecified atom stereocenters. The number of hydrogen-bond acceptors (Lipinski definition) is 3. The van der Waals surface area contributed by atoms with Crippen LogP contribution in [0.2, 0.25) is 0 Å². The van der Waals surface area contributed by atoms with Gasteiger partial charge in [-0.05, 0) is 36.5 Å². The predicted molar refractivity (Wildman–Crippen MR) is 64.0 cm³/mol. The summed E-state index contributed by atoms with van der Waals surface area (Å²) >= 11 is 0. The molecule has 2 rings (SSSR count). The highest BCUT2D eigenvalue weighted by atomic mass is 32.2. The van der Waals surface area contributed by atoms with Gasteiger partial charge in [-0.3, -0.25) is 4.21 Å². The number of nitrogens with zero attached hydrogens (tertiary/aromatic N) is 1. The van der Waals surface area contributed by atoms with Crippen molar-refractivity contribution in [1.82, 2.24) is 0 Å². The van der Waals surface area contributed by atoms with E-state index in [2.05, 4.69) is 6.07 Å². The Kier molecular flexibility index (Phi) is 3.16. The van der Waals surface area contributed by atoms with Crippen molar-refractivity contribution in [1.29, 1.82) is 5.26 Å². The van der Waals surface area contributed by atoms with Crippen LogP contribution in [0.15, 0.2) is 23.1 Å². The van der Waals surface area contributed by atoms with Gasteiger partial charge in [-0.2, -0.15) is 5.26 Å². The van der Waals surface area contributed by atoms with E-state index < -0.39 is 16.6 Å². The molecule has 90 valence electrons. The van der Waals surface area contributed by atoms with Crippen LogP contribution in [-0.2, 0) is 10.8 Å². The average Bonchev–Trinajstić information content (AvgIpc) is 2.97. The number of rotatable bonds is 4. The van der Waals surface area contributed by atoms with Gasteiger partial charge in [0.2, 0.25) is 0 Å². The standard InChI is InChI=1S/C12H13FN2OS/c13-10-7-9(15)1-2-11(10)17(16)8-12(3-4-12)5-6-14/h1-2,7H,3-5,8,15H2. The molecule has 0 bridgehead atoms. The van der Waals surface area contributed by atoms with E-state index in [9.17, 15) is 8.60 Å². The van der Waals surface area contributed by atoms with E-state index in [1.165, 1.54) is 12.1 Å². The molecule has 17 heavy (non-hydrogen) atoms. The summed E-state index contributed by atoms with van der Waals surface area (Å²) in [4.78, 5) is 0.184. The summed E-state index contributed by atoms with van der Waals surface area (Å²) in [5.41, 5.74) is 5.61. The Hall–Kier alpha value is -1.41. The molecule has 3 nitrogen and oxygen atoms in total. The monoisotopic (exact) mass is 252 g/mol. The molecule has 1 aliphatic carbocycles. The van der Waals surface area contributed by atoms with Gasteiger partial charge in [0.1, 0.15) is 5.82 Å². The van der Waals surface area contributed by atoms with Crippen LogP contribution in [0.3, 0.4) is 0 Å². The van der Waals surface area contributed by atoms with Gasteiger partial charge in [-0.25, -0.2) is 4.39 Å². The molecule has 0 radical (unpaired) electrons. The summed E-state index contributed by atoms with van der Waals surface area (Å²) < 4.78 is 25.6. The highest BCUT2D eigenvalue weighted by molar-refractivity contribution is 7.85. The lowest BCUT2D eigenvalue weighted by atomic mass is 10.1. The fraction of sp³-hybridized carbons (Fsp3) is 0.417. The fourth-order valence-electron chi connectivity index (χ4n) is 1.77. The lowest BCUT2D eigenvalue weighted by Crippen LogP contribution is -2.13. The molecule has 2 N–H and O–H groups in total. The van der Waals surface area contributed by atoms with E-state index in [4.69, 9.17) is 11.0 Å². The number of nitrogen functional groups attached to an aromatic ring is 1. The zero-order valence-corrected chi connectivity index (χ0v) is 10.1. The quantitative estimate of drug-likeness (QED) is 0.835. The van der Waals surface area contributed by atoms with Gasteiger partial charge in [0, 0.05) is 17.9 Å². The van der Waals surface area contributed by atoms with Gasteiger partial charge in [-0.1, -0.05) is 0 Å². The Labute approximate surface area is 102 Å². The summed E-state index contributed by atoms with van der Waals surface area (Å²) in [7, 11) is -1.39. The second kappa shape index (κ2) is 4.46. The third kappa shape index (κ3) is 2.64. The van der Waals surface area contributed by atoms with E-state index in [1.54, 1.807) is 6.07 Å². The highest BCUT2D eigenvalue weighted by Gasteiger charge is 2.44. The summed E-state index contributed by atoms with van der Waals surface area (Å²) in [6, 6.07) is 6.28. The van der Waals surface area contributed by atoms with Gasteiger partial charge >= 0.3 is 0 Å². The van der Waals surface area contributed by atoms with Crippen molar-refractivity contribution in [2.24, 2.45) is 5.41 Å². The summed E-state index contributed by atoms with van der Waals surface area (Å²) in [6.07, 6.45) is 2.21. The molecule has 1 aromatic carbocycles. The molecule has 1 aliphatic rings. The van der Waals surface area contributed by atoms with Crippen molar-refractivity contribution in [2.45, 2.75) is 24.2 Å². The van der Waals surface area contributed by atoms with Gasteiger partial charge in [0.05, 0.1) is 21.8 Å². The third-order valence-corrected chi connectivity index (χ3v) is 4.75. The van der Waals surface area contributed by atoms with E-state index in [-0.39, 0.29) is 10.3 Å². The van der Waals surface area contributed by atoms with Crippen molar-refractivity contribution in [3.8, 4) is 6.07 Å². The normalized spacial score (nSPS) is 18.4. The van der Waals surface area contributed by atoms with Crippen molar-refractivity contribution in [3.63, 3.8) is 0 Å². The molecule has 0 heterocycles. The molecule has 1 atom stereocenters. The SMILES string of the molecule is N#CCC1(CS(=O)c2ccc(N)cc2F)CC1. The number of nitrogens with two attached hydrogens (primary N) is 1. The molecule has 1 aromatic rings. The molecule has 0 saturated heterocycles. The smallest absolute Gasteiger partial charge is 0.141 e. The Morgan fingerprint density at radius 2 is 2.24 bits per heavy atom. The lowest BCUT2D eigenvalue weighted by molar-refractivity contribution is 0.575. The van der Waals surface area contributed by atoms with Crippen molar-refractivity contribution in [2.75, 3.05) is 11.5 Å². The van der Waals surface area contributed by atoms with Crippen LogP contribution in [0.25, 0.3) is 0 Å². The topological polar surface area (TPSA) is 66.9 Å². The number of halogens is 1. The van der Waals surface area contributed by atoms with E-state index in [0.29, 0.717) is 17.9 Å². The van der Waals surface area contributed by atoms with Crippen LogP contribution in [0.5, 0.6) is 0 Å². The summed E-state index contributed by atoms with van der Waals surface area (Å²) in [5.74, 6) is -0.169.